The van der Waals surface area contributed by atoms with Crippen molar-refractivity contribution < 1.29 is 9.53 Å². The van der Waals surface area contributed by atoms with Gasteiger partial charge >= 0.3 is 0 Å². The number of piperidine rings is 1. The Morgan fingerprint density at radius 1 is 0.784 bits per heavy atom. The zero-order chi connectivity index (χ0) is 25.2. The second-order valence-corrected chi connectivity index (χ2v) is 10.8. The molecule has 5 nitrogen and oxygen atoms in total. The molecule has 6 rings (SSSR count). The summed E-state index contributed by atoms with van der Waals surface area (Å²) in [6.07, 6.45) is 2.53. The highest BCUT2D eigenvalue weighted by molar-refractivity contribution is 5.97. The van der Waals surface area contributed by atoms with Gasteiger partial charge in [-0.15, -0.1) is 0 Å². The van der Waals surface area contributed by atoms with Gasteiger partial charge in [-0.2, -0.15) is 0 Å². The van der Waals surface area contributed by atoms with Gasteiger partial charge in [-0.3, -0.25) is 14.6 Å². The van der Waals surface area contributed by atoms with Crippen molar-refractivity contribution in [2.24, 2.45) is 5.92 Å². The fourth-order valence-electron chi connectivity index (χ4n) is 6.22. The van der Waals surface area contributed by atoms with Crippen LogP contribution in [0.3, 0.4) is 0 Å². The molecule has 3 aromatic carbocycles. The van der Waals surface area contributed by atoms with E-state index in [1.165, 1.54) is 35.1 Å². The highest BCUT2D eigenvalue weighted by atomic mass is 16.5. The van der Waals surface area contributed by atoms with Crippen molar-refractivity contribution in [3.63, 3.8) is 0 Å². The Bertz CT molecular complexity index is 1200. The molecule has 5 heteroatoms. The minimum atomic E-state index is 0.0780. The molecule has 0 aromatic heterocycles. The van der Waals surface area contributed by atoms with Crippen LogP contribution in [0.25, 0.3) is 11.1 Å². The van der Waals surface area contributed by atoms with Crippen molar-refractivity contribution in [2.45, 2.75) is 25.8 Å². The monoisotopic (exact) mass is 495 g/mol. The third-order valence-electron chi connectivity index (χ3n) is 8.43. The van der Waals surface area contributed by atoms with Crippen molar-refractivity contribution in [1.29, 1.82) is 0 Å². The van der Waals surface area contributed by atoms with Crippen molar-refractivity contribution >= 4 is 5.91 Å². The first kappa shape index (κ1) is 24.2. The quantitative estimate of drug-likeness (QED) is 0.463. The van der Waals surface area contributed by atoms with Crippen molar-refractivity contribution in [1.82, 2.24) is 14.7 Å². The summed E-state index contributed by atoms with van der Waals surface area (Å²) in [5.41, 5.74) is 6.12. The lowest BCUT2D eigenvalue weighted by atomic mass is 9.99. The highest BCUT2D eigenvalue weighted by Gasteiger charge is 2.35. The average molecular weight is 496 g/mol. The smallest absolute Gasteiger partial charge is 0.257 e. The standard InChI is InChI=1S/C32H37N3O2/c1-24-14-16-33(17-15-24)22-23-37-30-13-7-6-12-29(30)32(36)35-20-18-34(19-21-35)31-27-10-4-2-8-25(27)26-9-3-5-11-28(26)31/h2-13,24,31H,14-23H2,1H3. The predicted octanol–water partition coefficient (Wildman–Crippen LogP) is 5.33. The van der Waals surface area contributed by atoms with E-state index in [4.69, 9.17) is 4.74 Å². The molecule has 2 aliphatic heterocycles. The summed E-state index contributed by atoms with van der Waals surface area (Å²) in [7, 11) is 0. The summed E-state index contributed by atoms with van der Waals surface area (Å²) in [4.78, 5) is 20.6. The van der Waals surface area contributed by atoms with Gasteiger partial charge in [-0.25, -0.2) is 0 Å². The fourth-order valence-corrected chi connectivity index (χ4v) is 6.22. The first-order chi connectivity index (χ1) is 18.2. The van der Waals surface area contributed by atoms with Gasteiger partial charge in [0, 0.05) is 32.7 Å². The minimum Gasteiger partial charge on any atom is -0.491 e. The van der Waals surface area contributed by atoms with Gasteiger partial charge in [0.15, 0.2) is 0 Å². The van der Waals surface area contributed by atoms with Crippen LogP contribution in [0.4, 0.5) is 0 Å². The summed E-state index contributed by atoms with van der Waals surface area (Å²) < 4.78 is 6.16. The van der Waals surface area contributed by atoms with Crippen molar-refractivity contribution in [2.75, 3.05) is 52.4 Å². The summed E-state index contributed by atoms with van der Waals surface area (Å²) in [5, 5.41) is 0. The highest BCUT2D eigenvalue weighted by Crippen LogP contribution is 2.46. The Balaban J connectivity index is 1.09. The molecular formula is C32H37N3O2. The molecule has 0 N–H and O–H groups in total. The van der Waals surface area contributed by atoms with Crippen LogP contribution < -0.4 is 4.74 Å². The normalized spacial score (nSPS) is 19.0. The fraction of sp³-hybridized carbons (Fsp3) is 0.406. The number of nitrogens with zero attached hydrogens (tertiary/aromatic N) is 3. The predicted molar refractivity (Wildman–Crippen MR) is 148 cm³/mol. The van der Waals surface area contributed by atoms with Gasteiger partial charge in [-0.05, 0) is 66.2 Å². The summed E-state index contributed by atoms with van der Waals surface area (Å²) in [6.45, 7) is 9.31. The van der Waals surface area contributed by atoms with Crippen molar-refractivity contribution in [3.8, 4) is 16.9 Å². The molecule has 3 aliphatic rings. The second-order valence-electron chi connectivity index (χ2n) is 10.8. The number of hydrogen-bond acceptors (Lipinski definition) is 4. The van der Waals surface area contributed by atoms with Gasteiger partial charge in [0.25, 0.3) is 5.91 Å². The third-order valence-corrected chi connectivity index (χ3v) is 8.43. The lowest BCUT2D eigenvalue weighted by Gasteiger charge is -2.39. The molecule has 0 radical (unpaired) electrons. The van der Waals surface area contributed by atoms with Gasteiger partial charge in [0.05, 0.1) is 11.6 Å². The van der Waals surface area contributed by atoms with Gasteiger partial charge in [0.2, 0.25) is 0 Å². The van der Waals surface area contributed by atoms with Crippen LogP contribution in [-0.4, -0.2) is 73.0 Å². The summed E-state index contributed by atoms with van der Waals surface area (Å²) >= 11 is 0. The second kappa shape index (κ2) is 10.7. The lowest BCUT2D eigenvalue weighted by molar-refractivity contribution is 0.0595. The SMILES string of the molecule is CC1CCN(CCOc2ccccc2C(=O)N2CCN(C3c4ccccc4-c4ccccc43)CC2)CC1. The Labute approximate surface area is 220 Å². The molecule has 1 amide bonds. The van der Waals surface area contributed by atoms with Crippen LogP contribution in [0.2, 0.25) is 0 Å². The molecule has 1 aliphatic carbocycles. The molecule has 0 atom stereocenters. The Morgan fingerprint density at radius 2 is 1.38 bits per heavy atom. The maximum Gasteiger partial charge on any atom is 0.257 e. The number of rotatable bonds is 6. The van der Waals surface area contributed by atoms with E-state index < -0.39 is 0 Å². The third kappa shape index (κ3) is 4.90. The molecule has 2 saturated heterocycles. The zero-order valence-electron chi connectivity index (χ0n) is 21.8. The Hall–Kier alpha value is -3.15. The van der Waals surface area contributed by atoms with E-state index in [9.17, 15) is 4.79 Å². The zero-order valence-corrected chi connectivity index (χ0v) is 21.8. The molecule has 0 unspecified atom stereocenters. The van der Waals surface area contributed by atoms with E-state index >= 15 is 0 Å². The van der Waals surface area contributed by atoms with Gasteiger partial charge in [-0.1, -0.05) is 67.6 Å². The summed E-state index contributed by atoms with van der Waals surface area (Å²) in [5.74, 6) is 1.61. The number of fused-ring (bicyclic) bond motifs is 3. The Morgan fingerprint density at radius 3 is 2.05 bits per heavy atom. The topological polar surface area (TPSA) is 36.0 Å². The van der Waals surface area contributed by atoms with Gasteiger partial charge < -0.3 is 9.64 Å². The molecule has 3 aromatic rings. The number of likely N-dealkylation sites (tertiary alicyclic amines) is 1. The molecular weight excluding hydrogens is 458 g/mol. The number of piperazine rings is 1. The van der Waals surface area contributed by atoms with E-state index in [-0.39, 0.29) is 11.9 Å². The largest absolute Gasteiger partial charge is 0.491 e. The molecule has 2 heterocycles. The summed E-state index contributed by atoms with van der Waals surface area (Å²) in [6, 6.07) is 25.5. The Kier molecular flexibility index (Phi) is 6.99. The number of benzene rings is 3. The number of amides is 1. The van der Waals surface area contributed by atoms with E-state index in [1.54, 1.807) is 0 Å². The van der Waals surface area contributed by atoms with Crippen LogP contribution in [0, 0.1) is 5.92 Å². The van der Waals surface area contributed by atoms with Crippen molar-refractivity contribution in [3.05, 3.63) is 89.5 Å². The maximum absolute atomic E-state index is 13.6. The van der Waals surface area contributed by atoms with Crippen LogP contribution >= 0.6 is 0 Å². The van der Waals surface area contributed by atoms with Crippen LogP contribution in [0.15, 0.2) is 72.8 Å². The number of carbonyl (C=O) groups is 1. The number of carbonyl (C=O) groups excluding carboxylic acids is 1. The maximum atomic E-state index is 13.6. The molecule has 192 valence electrons. The molecule has 0 bridgehead atoms. The van der Waals surface area contributed by atoms with Crippen LogP contribution in [-0.2, 0) is 0 Å². The number of para-hydroxylation sites is 1. The minimum absolute atomic E-state index is 0.0780. The molecule has 37 heavy (non-hydrogen) atoms. The van der Waals surface area contributed by atoms with Gasteiger partial charge in [0.1, 0.15) is 12.4 Å². The first-order valence-electron chi connectivity index (χ1n) is 13.8. The molecule has 0 saturated carbocycles. The lowest BCUT2D eigenvalue weighted by Crippen LogP contribution is -2.49. The van der Waals surface area contributed by atoms with E-state index in [0.717, 1.165) is 51.7 Å². The average Bonchev–Trinajstić information content (AvgIpc) is 3.29. The van der Waals surface area contributed by atoms with E-state index in [0.29, 0.717) is 17.9 Å². The number of hydrogen-bond donors (Lipinski definition) is 0. The van der Waals surface area contributed by atoms with E-state index in [1.807, 2.05) is 29.2 Å². The van der Waals surface area contributed by atoms with Crippen LogP contribution in [0.5, 0.6) is 5.75 Å². The number of ether oxygens (including phenoxy) is 1. The van der Waals surface area contributed by atoms with Crippen LogP contribution in [0.1, 0.15) is 47.3 Å². The molecule has 2 fully saturated rings. The molecule has 0 spiro atoms. The van der Waals surface area contributed by atoms with E-state index in [2.05, 4.69) is 65.3 Å². The first-order valence-corrected chi connectivity index (χ1v) is 13.8.